The number of rotatable bonds is 0. The molecule has 4 heteroatoms. The van der Waals surface area contributed by atoms with Gasteiger partial charge in [0.1, 0.15) is 6.10 Å². The monoisotopic (exact) mass is 334 g/mol. The van der Waals surface area contributed by atoms with Crippen LogP contribution in [0.4, 0.5) is 0 Å². The third-order valence-electron chi connectivity index (χ3n) is 5.29. The molecule has 4 nitrogen and oxygen atoms in total. The predicted molar refractivity (Wildman–Crippen MR) is 94.4 cm³/mol. The summed E-state index contributed by atoms with van der Waals surface area (Å²) in [5.41, 5.74) is 1.60. The lowest BCUT2D eigenvalue weighted by atomic mass is 9.78. The normalized spacial score (nSPS) is 40.6. The van der Waals surface area contributed by atoms with Crippen molar-refractivity contribution in [2.45, 2.75) is 77.1 Å². The smallest absolute Gasteiger partial charge is 0.334 e. The second kappa shape index (κ2) is 7.66. The highest BCUT2D eigenvalue weighted by atomic mass is 16.6. The average Bonchev–Trinajstić information content (AvgIpc) is 2.48. The molecule has 0 aromatic heterocycles. The van der Waals surface area contributed by atoms with Crippen LogP contribution in [-0.2, 0) is 9.53 Å². The molecule has 1 heterocycles. The summed E-state index contributed by atoms with van der Waals surface area (Å²) in [5.74, 6) is -0.873. The fourth-order valence-corrected chi connectivity index (χ4v) is 3.52. The van der Waals surface area contributed by atoms with Gasteiger partial charge in [-0.2, -0.15) is 0 Å². The van der Waals surface area contributed by atoms with E-state index in [1.54, 1.807) is 6.92 Å². The first-order valence-corrected chi connectivity index (χ1v) is 8.82. The Labute approximate surface area is 144 Å². The van der Waals surface area contributed by atoms with E-state index in [2.05, 4.69) is 25.7 Å². The van der Waals surface area contributed by atoms with Gasteiger partial charge in [-0.05, 0) is 59.3 Å². The average molecular weight is 334 g/mol. The Balaban J connectivity index is 2.29. The van der Waals surface area contributed by atoms with E-state index >= 15 is 0 Å². The van der Waals surface area contributed by atoms with E-state index in [0.717, 1.165) is 24.8 Å². The number of carbonyl (C=O) groups excluding carboxylic acids is 1. The fourth-order valence-electron chi connectivity index (χ4n) is 3.52. The highest BCUT2D eigenvalue weighted by Crippen LogP contribution is 2.36. The maximum absolute atomic E-state index is 12.1. The minimum absolute atomic E-state index is 0.310. The highest BCUT2D eigenvalue weighted by molar-refractivity contribution is 5.89. The first kappa shape index (κ1) is 18.9. The van der Waals surface area contributed by atoms with E-state index in [1.165, 1.54) is 5.57 Å². The molecule has 0 spiro atoms. The van der Waals surface area contributed by atoms with Gasteiger partial charge >= 0.3 is 5.97 Å². The summed E-state index contributed by atoms with van der Waals surface area (Å²) in [6.07, 6.45) is 7.11. The Hall–Kier alpha value is -1.39. The minimum Gasteiger partial charge on any atom is -0.456 e. The molecule has 0 unspecified atom stereocenters. The third-order valence-corrected chi connectivity index (χ3v) is 5.29. The van der Waals surface area contributed by atoms with Crippen LogP contribution in [0.2, 0.25) is 0 Å². The van der Waals surface area contributed by atoms with Crippen molar-refractivity contribution in [2.75, 3.05) is 0 Å². The van der Waals surface area contributed by atoms with Gasteiger partial charge in [0.2, 0.25) is 0 Å². The van der Waals surface area contributed by atoms with Crippen LogP contribution in [0.1, 0.15) is 59.3 Å². The molecule has 0 aromatic carbocycles. The number of ether oxygens (including phenoxy) is 1. The summed E-state index contributed by atoms with van der Waals surface area (Å²) in [5, 5.41) is 21.4. The summed E-state index contributed by atoms with van der Waals surface area (Å²) in [6, 6.07) is 0. The summed E-state index contributed by atoms with van der Waals surface area (Å²) in [4.78, 5) is 12.1. The summed E-state index contributed by atoms with van der Waals surface area (Å²) in [7, 11) is 0. The number of aliphatic hydroxyl groups is 2. The number of hydrogen-bond acceptors (Lipinski definition) is 4. The molecule has 2 N–H and O–H groups in total. The van der Waals surface area contributed by atoms with Crippen molar-refractivity contribution in [1.29, 1.82) is 0 Å². The molecule has 1 fully saturated rings. The van der Waals surface area contributed by atoms with E-state index < -0.39 is 23.8 Å². The van der Waals surface area contributed by atoms with E-state index in [9.17, 15) is 15.0 Å². The van der Waals surface area contributed by atoms with Crippen LogP contribution >= 0.6 is 0 Å². The zero-order chi connectivity index (χ0) is 17.9. The summed E-state index contributed by atoms with van der Waals surface area (Å²) >= 11 is 0. The lowest BCUT2D eigenvalue weighted by molar-refractivity contribution is -0.171. The molecule has 2 rings (SSSR count). The van der Waals surface area contributed by atoms with Crippen molar-refractivity contribution in [3.05, 3.63) is 35.5 Å². The van der Waals surface area contributed by atoms with Crippen molar-refractivity contribution in [2.24, 2.45) is 5.92 Å². The molecule has 0 amide bonds. The molecular weight excluding hydrogens is 304 g/mol. The van der Waals surface area contributed by atoms with Crippen molar-refractivity contribution in [1.82, 2.24) is 0 Å². The van der Waals surface area contributed by atoms with E-state index in [1.807, 2.05) is 6.92 Å². The predicted octanol–water partition coefficient (Wildman–Crippen LogP) is 3.44. The van der Waals surface area contributed by atoms with Crippen molar-refractivity contribution in [3.8, 4) is 0 Å². The lowest BCUT2D eigenvalue weighted by Gasteiger charge is -2.40. The zero-order valence-electron chi connectivity index (χ0n) is 15.0. The standard InChI is InChI=1S/C20H30O4/c1-13-7-5-8-14(2)11-17(21)16-12-18(24-19(22)15(16)3)20(4,23)10-6-9-13/h8-9,16-18,21,23H,3,5-7,10-12H2,1-2,4H3/b13-9+,14-8+/t16-,17-,18-,20+/m0/s1. The van der Waals surface area contributed by atoms with Gasteiger partial charge in [0, 0.05) is 11.5 Å². The molecule has 0 aromatic rings. The Bertz CT molecular complexity index is 556. The lowest BCUT2D eigenvalue weighted by Crippen LogP contribution is -2.49. The topological polar surface area (TPSA) is 66.8 Å². The van der Waals surface area contributed by atoms with Gasteiger partial charge in [0.05, 0.1) is 11.7 Å². The quantitative estimate of drug-likeness (QED) is 0.404. The molecule has 2 bridgehead atoms. The molecule has 0 radical (unpaired) electrons. The molecule has 1 saturated heterocycles. The molecule has 2 aliphatic rings. The minimum atomic E-state index is -1.11. The van der Waals surface area contributed by atoms with Gasteiger partial charge in [-0.3, -0.25) is 0 Å². The molecule has 0 saturated carbocycles. The van der Waals surface area contributed by atoms with Gasteiger partial charge in [-0.15, -0.1) is 0 Å². The molecule has 134 valence electrons. The van der Waals surface area contributed by atoms with Crippen LogP contribution < -0.4 is 0 Å². The van der Waals surface area contributed by atoms with Crippen LogP contribution in [0.5, 0.6) is 0 Å². The second-order valence-corrected chi connectivity index (χ2v) is 7.57. The van der Waals surface area contributed by atoms with Crippen LogP contribution in [0.25, 0.3) is 0 Å². The number of hydrogen-bond donors (Lipinski definition) is 2. The second-order valence-electron chi connectivity index (χ2n) is 7.57. The van der Waals surface area contributed by atoms with E-state index in [0.29, 0.717) is 24.8 Å². The summed E-state index contributed by atoms with van der Waals surface area (Å²) < 4.78 is 5.41. The van der Waals surface area contributed by atoms with Crippen molar-refractivity contribution < 1.29 is 19.7 Å². The van der Waals surface area contributed by atoms with Crippen LogP contribution in [-0.4, -0.2) is 34.0 Å². The van der Waals surface area contributed by atoms with Crippen LogP contribution in [0, 0.1) is 5.92 Å². The van der Waals surface area contributed by atoms with Gasteiger partial charge in [-0.25, -0.2) is 4.79 Å². The number of esters is 1. The fraction of sp³-hybridized carbons (Fsp3) is 0.650. The first-order chi connectivity index (χ1) is 11.2. The van der Waals surface area contributed by atoms with Crippen molar-refractivity contribution in [3.63, 3.8) is 0 Å². The Morgan fingerprint density at radius 2 is 1.92 bits per heavy atom. The Kier molecular flexibility index (Phi) is 6.05. The Morgan fingerprint density at radius 1 is 1.25 bits per heavy atom. The van der Waals surface area contributed by atoms with E-state index in [-0.39, 0.29) is 5.92 Å². The van der Waals surface area contributed by atoms with Gasteiger partial charge in [0.25, 0.3) is 0 Å². The maximum atomic E-state index is 12.1. The summed E-state index contributed by atoms with van der Waals surface area (Å²) in [6.45, 7) is 9.62. The van der Waals surface area contributed by atoms with Crippen LogP contribution in [0.3, 0.4) is 0 Å². The van der Waals surface area contributed by atoms with Gasteiger partial charge < -0.3 is 14.9 Å². The van der Waals surface area contributed by atoms with Gasteiger partial charge in [-0.1, -0.05) is 29.9 Å². The maximum Gasteiger partial charge on any atom is 0.334 e. The SMILES string of the molecule is C=C1C(=O)O[C@H]2C[C@@H]1[C@@H](O)C/C(C)=C/CC/C(C)=C/CC[C@@]2(C)O. The first-order valence-electron chi connectivity index (χ1n) is 8.82. The number of fused-ring (bicyclic) bond motifs is 2. The third kappa shape index (κ3) is 4.58. The van der Waals surface area contributed by atoms with Gasteiger partial charge in [0.15, 0.2) is 0 Å². The molecule has 1 aliphatic heterocycles. The largest absolute Gasteiger partial charge is 0.456 e. The zero-order valence-corrected chi connectivity index (χ0v) is 15.0. The van der Waals surface area contributed by atoms with Crippen LogP contribution in [0.15, 0.2) is 35.5 Å². The molecular formula is C20H30O4. The van der Waals surface area contributed by atoms with Crippen molar-refractivity contribution >= 4 is 5.97 Å². The molecule has 4 atom stereocenters. The number of carbonyl (C=O) groups is 1. The Morgan fingerprint density at radius 3 is 2.62 bits per heavy atom. The number of allylic oxidation sites excluding steroid dienone is 3. The molecule has 1 aliphatic carbocycles. The van der Waals surface area contributed by atoms with E-state index in [4.69, 9.17) is 4.74 Å². The highest BCUT2D eigenvalue weighted by Gasteiger charge is 2.43. The number of aliphatic hydroxyl groups excluding tert-OH is 1. The molecule has 24 heavy (non-hydrogen) atoms.